The number of aryl methyl sites for hydroxylation is 1. The van der Waals surface area contributed by atoms with Crippen molar-refractivity contribution in [3.63, 3.8) is 0 Å². The first-order valence-electron chi connectivity index (χ1n) is 9.84. The lowest BCUT2D eigenvalue weighted by Gasteiger charge is -2.56. The number of methoxy groups -OCH3 is 1. The quantitative estimate of drug-likeness (QED) is 0.613. The number of nitrogens with one attached hydrogen (secondary N) is 2. The fraction of sp³-hybridized carbons (Fsp3) is 0.545. The molecule has 142 valence electrons. The minimum absolute atomic E-state index is 0.0815. The molecule has 0 heterocycles. The van der Waals surface area contributed by atoms with Gasteiger partial charge in [-0.15, -0.1) is 0 Å². The summed E-state index contributed by atoms with van der Waals surface area (Å²) in [6.07, 6.45) is 9.24. The molecule has 0 radical (unpaired) electrons. The third-order valence-corrected chi connectivity index (χ3v) is 6.53. The Kier molecular flexibility index (Phi) is 4.59. The molecule has 2 N–H and O–H groups in total. The number of benzene rings is 1. The maximum absolute atomic E-state index is 12.6. The van der Waals surface area contributed by atoms with E-state index >= 15 is 0 Å². The average molecular weight is 365 g/mol. The van der Waals surface area contributed by atoms with E-state index in [1.165, 1.54) is 38.5 Å². The first kappa shape index (κ1) is 17.9. The number of carbonyl (C=O) groups excluding carboxylic acids is 1. The third-order valence-electron chi connectivity index (χ3n) is 6.53. The Bertz CT molecular complexity index is 786. The van der Waals surface area contributed by atoms with Gasteiger partial charge in [0.2, 0.25) is 0 Å². The summed E-state index contributed by atoms with van der Waals surface area (Å²) in [7, 11) is 1.57. The van der Waals surface area contributed by atoms with Crippen molar-refractivity contribution in [3.05, 3.63) is 35.5 Å². The van der Waals surface area contributed by atoms with Crippen LogP contribution in [0.2, 0.25) is 0 Å². The van der Waals surface area contributed by atoms with Crippen LogP contribution in [0.15, 0.2) is 30.0 Å². The Morgan fingerprint density at radius 1 is 1.22 bits per heavy atom. The molecule has 4 aliphatic carbocycles. The summed E-state index contributed by atoms with van der Waals surface area (Å²) in [5, 5.41) is 15.8. The minimum atomic E-state index is -0.404. The number of carbonyl (C=O) groups is 1. The highest BCUT2D eigenvalue weighted by Gasteiger charge is 2.50. The number of hydrogen-bond donors (Lipinski definition) is 2. The van der Waals surface area contributed by atoms with Gasteiger partial charge in [-0.1, -0.05) is 6.07 Å². The van der Waals surface area contributed by atoms with Gasteiger partial charge in [0, 0.05) is 11.7 Å². The molecule has 0 saturated heterocycles. The van der Waals surface area contributed by atoms with Crippen molar-refractivity contribution in [1.82, 2.24) is 5.32 Å². The molecule has 1 aromatic carbocycles. The summed E-state index contributed by atoms with van der Waals surface area (Å²) in [4.78, 5) is 12.6. The summed E-state index contributed by atoms with van der Waals surface area (Å²) in [5.74, 6) is 2.62. The van der Waals surface area contributed by atoms with Gasteiger partial charge in [0.25, 0.3) is 5.91 Å². The topological polar surface area (TPSA) is 74.1 Å². The van der Waals surface area contributed by atoms with Gasteiger partial charge in [0.15, 0.2) is 0 Å². The molecule has 0 unspecified atom stereocenters. The molecule has 4 aliphatic rings. The standard InChI is InChI=1S/C22H27N3O2/c1-14-3-4-20(27-2)19(5-14)25-21(26)18(12-23)13-24-22-9-15-6-16(10-22)8-17(7-15)11-22/h3-5,13,15-17,24H,6-11H2,1-2H3,(H,25,26)/b18-13-. The van der Waals surface area contributed by atoms with E-state index in [1.807, 2.05) is 25.1 Å². The zero-order chi connectivity index (χ0) is 19.0. The summed E-state index contributed by atoms with van der Waals surface area (Å²) in [6, 6.07) is 7.63. The van der Waals surface area contributed by atoms with Crippen LogP contribution >= 0.6 is 0 Å². The summed E-state index contributed by atoms with van der Waals surface area (Å²) in [5.41, 5.74) is 1.78. The zero-order valence-electron chi connectivity index (χ0n) is 16.0. The highest BCUT2D eigenvalue weighted by atomic mass is 16.5. The van der Waals surface area contributed by atoms with E-state index in [-0.39, 0.29) is 11.1 Å². The predicted octanol–water partition coefficient (Wildman–Crippen LogP) is 3.91. The average Bonchev–Trinajstić information content (AvgIpc) is 2.61. The Morgan fingerprint density at radius 2 is 1.85 bits per heavy atom. The summed E-state index contributed by atoms with van der Waals surface area (Å²) < 4.78 is 5.31. The number of rotatable bonds is 5. The zero-order valence-corrected chi connectivity index (χ0v) is 16.0. The highest BCUT2D eigenvalue weighted by Crippen LogP contribution is 2.55. The fourth-order valence-electron chi connectivity index (χ4n) is 5.77. The smallest absolute Gasteiger partial charge is 0.267 e. The molecule has 4 bridgehead atoms. The van der Waals surface area contributed by atoms with Crippen LogP contribution in [0.4, 0.5) is 5.69 Å². The van der Waals surface area contributed by atoms with Gasteiger partial charge >= 0.3 is 0 Å². The second kappa shape index (κ2) is 6.92. The van der Waals surface area contributed by atoms with Crippen molar-refractivity contribution in [3.8, 4) is 11.8 Å². The molecule has 0 spiro atoms. The number of nitrogens with zero attached hydrogens (tertiary/aromatic N) is 1. The number of hydrogen-bond acceptors (Lipinski definition) is 4. The van der Waals surface area contributed by atoms with Crippen LogP contribution in [0, 0.1) is 36.0 Å². The van der Waals surface area contributed by atoms with Crippen LogP contribution in [0.25, 0.3) is 0 Å². The van der Waals surface area contributed by atoms with Crippen LogP contribution in [0.3, 0.4) is 0 Å². The molecule has 27 heavy (non-hydrogen) atoms. The maximum Gasteiger partial charge on any atom is 0.267 e. The highest BCUT2D eigenvalue weighted by molar-refractivity contribution is 6.07. The normalized spacial score (nSPS) is 31.3. The summed E-state index contributed by atoms with van der Waals surface area (Å²) in [6.45, 7) is 1.95. The van der Waals surface area contributed by atoms with Gasteiger partial charge in [-0.2, -0.15) is 5.26 Å². The third kappa shape index (κ3) is 3.53. The number of amides is 1. The Morgan fingerprint density at radius 3 is 2.41 bits per heavy atom. The van der Waals surface area contributed by atoms with Crippen LogP contribution in [-0.2, 0) is 4.79 Å². The Labute approximate surface area is 160 Å². The molecule has 1 amide bonds. The van der Waals surface area contributed by atoms with E-state index in [2.05, 4.69) is 16.7 Å². The number of ether oxygens (including phenoxy) is 1. The molecule has 5 rings (SSSR count). The number of anilines is 1. The molecule has 4 fully saturated rings. The van der Waals surface area contributed by atoms with Gasteiger partial charge in [-0.05, 0) is 80.9 Å². The predicted molar refractivity (Wildman–Crippen MR) is 104 cm³/mol. The lowest BCUT2D eigenvalue weighted by molar-refractivity contribution is -0.112. The molecule has 5 heteroatoms. The number of nitriles is 1. The fourth-order valence-corrected chi connectivity index (χ4v) is 5.77. The molecule has 0 aliphatic heterocycles. The van der Waals surface area contributed by atoms with Gasteiger partial charge in [-0.3, -0.25) is 4.79 Å². The maximum atomic E-state index is 12.6. The molecular formula is C22H27N3O2. The second-order valence-corrected chi connectivity index (χ2v) is 8.67. The van der Waals surface area contributed by atoms with Crippen LogP contribution in [-0.4, -0.2) is 18.6 Å². The van der Waals surface area contributed by atoms with Crippen molar-refractivity contribution in [2.75, 3.05) is 12.4 Å². The van der Waals surface area contributed by atoms with E-state index in [0.717, 1.165) is 23.3 Å². The lowest BCUT2D eigenvalue weighted by atomic mass is 9.53. The van der Waals surface area contributed by atoms with E-state index in [1.54, 1.807) is 13.3 Å². The Hall–Kier alpha value is -2.48. The van der Waals surface area contributed by atoms with E-state index in [4.69, 9.17) is 4.74 Å². The monoisotopic (exact) mass is 365 g/mol. The first-order valence-corrected chi connectivity index (χ1v) is 9.84. The molecule has 4 saturated carbocycles. The van der Waals surface area contributed by atoms with Crippen molar-refractivity contribution in [2.45, 2.75) is 51.0 Å². The summed E-state index contributed by atoms with van der Waals surface area (Å²) >= 11 is 0. The van der Waals surface area contributed by atoms with Crippen molar-refractivity contribution in [2.24, 2.45) is 17.8 Å². The van der Waals surface area contributed by atoms with Gasteiger partial charge in [0.05, 0.1) is 12.8 Å². The van der Waals surface area contributed by atoms with Crippen LogP contribution in [0.1, 0.15) is 44.1 Å². The largest absolute Gasteiger partial charge is 0.495 e. The molecule has 0 aromatic heterocycles. The van der Waals surface area contributed by atoms with Crippen molar-refractivity contribution in [1.29, 1.82) is 5.26 Å². The van der Waals surface area contributed by atoms with Crippen LogP contribution in [0.5, 0.6) is 5.75 Å². The minimum Gasteiger partial charge on any atom is -0.495 e. The van der Waals surface area contributed by atoms with Crippen molar-refractivity contribution >= 4 is 11.6 Å². The van der Waals surface area contributed by atoms with E-state index in [0.29, 0.717) is 11.4 Å². The molecule has 0 atom stereocenters. The van der Waals surface area contributed by atoms with E-state index < -0.39 is 5.91 Å². The van der Waals surface area contributed by atoms with Crippen molar-refractivity contribution < 1.29 is 9.53 Å². The van der Waals surface area contributed by atoms with Gasteiger partial charge in [-0.25, -0.2) is 0 Å². The SMILES string of the molecule is COc1ccc(C)cc1NC(=O)/C(C#N)=C\NC12CC3CC(CC(C3)C1)C2. The Balaban J connectivity index is 1.48. The molecule has 5 nitrogen and oxygen atoms in total. The lowest BCUT2D eigenvalue weighted by Crippen LogP contribution is -2.57. The van der Waals surface area contributed by atoms with Gasteiger partial charge in [0.1, 0.15) is 17.4 Å². The second-order valence-electron chi connectivity index (χ2n) is 8.67. The molecular weight excluding hydrogens is 338 g/mol. The van der Waals surface area contributed by atoms with Gasteiger partial charge < -0.3 is 15.4 Å². The molecule has 1 aromatic rings. The van der Waals surface area contributed by atoms with Crippen LogP contribution < -0.4 is 15.4 Å². The first-order chi connectivity index (χ1) is 13.0. The van der Waals surface area contributed by atoms with E-state index in [9.17, 15) is 10.1 Å².